The summed E-state index contributed by atoms with van der Waals surface area (Å²) in [5, 5.41) is 4.45. The number of hydrogen-bond donors (Lipinski definition) is 1. The number of hydrogen-bond acceptors (Lipinski definition) is 3. The summed E-state index contributed by atoms with van der Waals surface area (Å²) in [6, 6.07) is 3.92. The fraction of sp³-hybridized carbons (Fsp3) is 0.438. The molecular formula is C16H23N3O. The fourth-order valence-electron chi connectivity index (χ4n) is 2.72. The van der Waals surface area contributed by atoms with Gasteiger partial charge in [0.25, 0.3) is 0 Å². The van der Waals surface area contributed by atoms with Crippen LogP contribution in [0.15, 0.2) is 12.1 Å². The lowest BCUT2D eigenvalue weighted by atomic mass is 9.94. The van der Waals surface area contributed by atoms with E-state index >= 15 is 0 Å². The fourth-order valence-corrected chi connectivity index (χ4v) is 2.72. The quantitative estimate of drug-likeness (QED) is 0.935. The number of nitrogens with two attached hydrogens (primary N) is 1. The topological polar surface area (TPSA) is 53.1 Å². The normalized spacial score (nSPS) is 12.6. The van der Waals surface area contributed by atoms with E-state index in [4.69, 9.17) is 10.5 Å². The number of nitrogens with zero attached hydrogens (tertiary/aromatic N) is 2. The second-order valence-electron chi connectivity index (χ2n) is 5.32. The van der Waals surface area contributed by atoms with Crippen LogP contribution in [0, 0.1) is 27.7 Å². The largest absolute Gasteiger partial charge is 0.496 e. The number of benzene rings is 1. The lowest BCUT2D eigenvalue weighted by Crippen LogP contribution is -2.15. The highest BCUT2D eigenvalue weighted by molar-refractivity contribution is 5.50. The third kappa shape index (κ3) is 2.20. The van der Waals surface area contributed by atoms with Crippen LogP contribution >= 0.6 is 0 Å². The molecule has 2 rings (SSSR count). The van der Waals surface area contributed by atoms with Crippen LogP contribution < -0.4 is 10.5 Å². The van der Waals surface area contributed by atoms with Gasteiger partial charge in [-0.3, -0.25) is 4.68 Å². The van der Waals surface area contributed by atoms with Crippen molar-refractivity contribution >= 4 is 0 Å². The van der Waals surface area contributed by atoms with Gasteiger partial charge in [0.15, 0.2) is 0 Å². The van der Waals surface area contributed by atoms with Crippen LogP contribution in [0.5, 0.6) is 5.75 Å². The van der Waals surface area contributed by atoms with Crippen LogP contribution in [0.4, 0.5) is 0 Å². The van der Waals surface area contributed by atoms with E-state index in [-0.39, 0.29) is 6.04 Å². The Balaban J connectivity index is 2.59. The minimum Gasteiger partial charge on any atom is -0.496 e. The Morgan fingerprint density at radius 2 is 1.85 bits per heavy atom. The van der Waals surface area contributed by atoms with Crippen molar-refractivity contribution in [2.45, 2.75) is 33.7 Å². The Labute approximate surface area is 120 Å². The minimum absolute atomic E-state index is 0.224. The Morgan fingerprint density at radius 3 is 2.35 bits per heavy atom. The Kier molecular flexibility index (Phi) is 3.86. The highest BCUT2D eigenvalue weighted by Crippen LogP contribution is 2.34. The molecule has 4 heteroatoms. The van der Waals surface area contributed by atoms with Crippen LogP contribution in [-0.2, 0) is 7.05 Å². The van der Waals surface area contributed by atoms with Gasteiger partial charge in [0.1, 0.15) is 5.75 Å². The Hall–Kier alpha value is -1.81. The maximum absolute atomic E-state index is 6.49. The summed E-state index contributed by atoms with van der Waals surface area (Å²) in [5.74, 6) is 0.875. The second kappa shape index (κ2) is 5.29. The molecule has 1 aromatic heterocycles. The molecule has 20 heavy (non-hydrogen) atoms. The number of aryl methyl sites for hydroxylation is 3. The summed E-state index contributed by atoms with van der Waals surface area (Å²) in [6.45, 7) is 8.18. The molecule has 2 N–H and O–H groups in total. The number of rotatable bonds is 3. The summed E-state index contributed by atoms with van der Waals surface area (Å²) in [6.07, 6.45) is 0. The minimum atomic E-state index is -0.224. The SMILES string of the molecule is COc1c(C(N)c2c(C)nn(C)c2C)ccc(C)c1C. The highest BCUT2D eigenvalue weighted by Gasteiger charge is 2.22. The molecule has 4 nitrogen and oxygen atoms in total. The van der Waals surface area contributed by atoms with Crippen LogP contribution in [0.2, 0.25) is 0 Å². The third-order valence-corrected chi connectivity index (χ3v) is 4.12. The van der Waals surface area contributed by atoms with E-state index in [0.717, 1.165) is 33.8 Å². The van der Waals surface area contributed by atoms with Crippen molar-refractivity contribution in [2.75, 3.05) is 7.11 Å². The van der Waals surface area contributed by atoms with E-state index in [0.29, 0.717) is 0 Å². The molecule has 1 heterocycles. The Bertz CT molecular complexity index is 644. The molecule has 1 unspecified atom stereocenters. The van der Waals surface area contributed by atoms with E-state index in [1.165, 1.54) is 5.56 Å². The molecule has 1 atom stereocenters. The van der Waals surface area contributed by atoms with E-state index in [9.17, 15) is 0 Å². The summed E-state index contributed by atoms with van der Waals surface area (Å²) in [4.78, 5) is 0. The van der Waals surface area contributed by atoms with E-state index < -0.39 is 0 Å². The Morgan fingerprint density at radius 1 is 1.20 bits per heavy atom. The third-order valence-electron chi connectivity index (χ3n) is 4.12. The van der Waals surface area contributed by atoms with Crippen LogP contribution in [0.1, 0.15) is 39.7 Å². The first kappa shape index (κ1) is 14.6. The zero-order chi connectivity index (χ0) is 15.0. The standard InChI is InChI=1S/C16H23N3O/c1-9-7-8-13(16(20-6)10(9)2)15(17)14-11(3)18-19(5)12(14)4/h7-8,15H,17H2,1-6H3. The predicted octanol–water partition coefficient (Wildman–Crippen LogP) is 2.71. The molecule has 0 spiro atoms. The predicted molar refractivity (Wildman–Crippen MR) is 81.2 cm³/mol. The van der Waals surface area contributed by atoms with Gasteiger partial charge >= 0.3 is 0 Å². The van der Waals surface area contributed by atoms with Gasteiger partial charge in [0.2, 0.25) is 0 Å². The second-order valence-corrected chi connectivity index (χ2v) is 5.32. The van der Waals surface area contributed by atoms with Crippen molar-refractivity contribution in [2.24, 2.45) is 12.8 Å². The van der Waals surface area contributed by atoms with Gasteiger partial charge in [0, 0.05) is 23.9 Å². The average molecular weight is 273 g/mol. The lowest BCUT2D eigenvalue weighted by Gasteiger charge is -2.19. The van der Waals surface area contributed by atoms with Crippen LogP contribution in [0.3, 0.4) is 0 Å². The molecule has 108 valence electrons. The molecule has 0 aliphatic carbocycles. The zero-order valence-corrected chi connectivity index (χ0v) is 13.1. The van der Waals surface area contributed by atoms with Gasteiger partial charge in [-0.1, -0.05) is 12.1 Å². The molecule has 0 bridgehead atoms. The summed E-state index contributed by atoms with van der Waals surface area (Å²) in [7, 11) is 3.64. The van der Waals surface area contributed by atoms with Crippen LogP contribution in [-0.4, -0.2) is 16.9 Å². The van der Waals surface area contributed by atoms with Gasteiger partial charge in [-0.05, 0) is 38.8 Å². The van der Waals surface area contributed by atoms with Gasteiger partial charge in [-0.25, -0.2) is 0 Å². The maximum atomic E-state index is 6.49. The molecule has 2 aromatic rings. The molecule has 0 saturated heterocycles. The summed E-state index contributed by atoms with van der Waals surface area (Å²) in [5.41, 5.74) is 13.0. The maximum Gasteiger partial charge on any atom is 0.127 e. The van der Waals surface area contributed by atoms with Gasteiger partial charge in [-0.15, -0.1) is 0 Å². The van der Waals surface area contributed by atoms with E-state index in [1.54, 1.807) is 7.11 Å². The molecule has 0 amide bonds. The first-order valence-corrected chi connectivity index (χ1v) is 6.78. The number of methoxy groups -OCH3 is 1. The monoisotopic (exact) mass is 273 g/mol. The van der Waals surface area contributed by atoms with E-state index in [2.05, 4.69) is 31.1 Å². The molecule has 0 saturated carbocycles. The highest BCUT2D eigenvalue weighted by atomic mass is 16.5. The van der Waals surface area contributed by atoms with Crippen molar-refractivity contribution in [3.8, 4) is 5.75 Å². The molecule has 0 fully saturated rings. The molecular weight excluding hydrogens is 250 g/mol. The molecule has 0 aliphatic rings. The molecule has 0 aliphatic heterocycles. The van der Waals surface area contributed by atoms with Crippen molar-refractivity contribution < 1.29 is 4.74 Å². The lowest BCUT2D eigenvalue weighted by molar-refractivity contribution is 0.404. The van der Waals surface area contributed by atoms with Gasteiger partial charge in [0.05, 0.1) is 18.8 Å². The van der Waals surface area contributed by atoms with E-state index in [1.807, 2.05) is 25.6 Å². The van der Waals surface area contributed by atoms with Crippen molar-refractivity contribution in [3.63, 3.8) is 0 Å². The van der Waals surface area contributed by atoms with Crippen molar-refractivity contribution in [3.05, 3.63) is 45.8 Å². The average Bonchev–Trinajstić information content (AvgIpc) is 2.65. The van der Waals surface area contributed by atoms with Crippen molar-refractivity contribution in [1.82, 2.24) is 9.78 Å². The molecule has 1 aromatic carbocycles. The van der Waals surface area contributed by atoms with Gasteiger partial charge in [-0.2, -0.15) is 5.10 Å². The van der Waals surface area contributed by atoms with Crippen LogP contribution in [0.25, 0.3) is 0 Å². The molecule has 0 radical (unpaired) electrons. The summed E-state index contributed by atoms with van der Waals surface area (Å²) >= 11 is 0. The zero-order valence-electron chi connectivity index (χ0n) is 13.1. The number of ether oxygens (including phenoxy) is 1. The summed E-state index contributed by atoms with van der Waals surface area (Å²) < 4.78 is 7.45. The smallest absolute Gasteiger partial charge is 0.127 e. The van der Waals surface area contributed by atoms with Crippen molar-refractivity contribution in [1.29, 1.82) is 0 Å². The first-order valence-electron chi connectivity index (χ1n) is 6.78. The first-order chi connectivity index (χ1) is 9.38. The van der Waals surface area contributed by atoms with Gasteiger partial charge < -0.3 is 10.5 Å². The number of aromatic nitrogens is 2.